The third kappa shape index (κ3) is 4.04. The first-order chi connectivity index (χ1) is 9.85. The minimum absolute atomic E-state index is 0.789. The van der Waals surface area contributed by atoms with Crippen LogP contribution in [0.1, 0.15) is 26.0 Å². The predicted octanol–water partition coefficient (Wildman–Crippen LogP) is 1.18. The van der Waals surface area contributed by atoms with Crippen LogP contribution in [0, 0.1) is 0 Å². The second kappa shape index (κ2) is 8.01. The number of likely N-dealkylation sites (N-methyl/N-ethyl adjacent to an activating group) is 1. The summed E-state index contributed by atoms with van der Waals surface area (Å²) < 4.78 is 4.02. The van der Waals surface area contributed by atoms with Gasteiger partial charge in [-0.25, -0.2) is 9.67 Å². The molecule has 0 bridgehead atoms. The van der Waals surface area contributed by atoms with Crippen molar-refractivity contribution in [2.45, 2.75) is 44.3 Å². The number of hydrogen-bond donors (Lipinski definition) is 1. The van der Waals surface area contributed by atoms with Gasteiger partial charge in [0.05, 0.1) is 12.9 Å². The Balaban J connectivity index is 1.90. The Bertz CT molecular complexity index is 507. The molecule has 2 heterocycles. The SMILES string of the molecule is CCCn1cncc1CSc1nnnn1CCNCC. The van der Waals surface area contributed by atoms with E-state index in [4.69, 9.17) is 0 Å². The molecule has 2 aromatic rings. The Morgan fingerprint density at radius 2 is 2.20 bits per heavy atom. The molecule has 0 amide bonds. The molecule has 0 aliphatic heterocycles. The lowest BCUT2D eigenvalue weighted by Crippen LogP contribution is -2.20. The van der Waals surface area contributed by atoms with Gasteiger partial charge in [0.1, 0.15) is 0 Å². The zero-order valence-corrected chi connectivity index (χ0v) is 12.8. The van der Waals surface area contributed by atoms with E-state index in [0.717, 1.165) is 43.5 Å². The molecule has 0 aliphatic carbocycles. The van der Waals surface area contributed by atoms with Crippen LogP contribution >= 0.6 is 11.8 Å². The van der Waals surface area contributed by atoms with E-state index in [1.807, 2.05) is 17.2 Å². The van der Waals surface area contributed by atoms with Gasteiger partial charge in [0, 0.05) is 30.7 Å². The highest BCUT2D eigenvalue weighted by Crippen LogP contribution is 2.19. The number of tetrazole rings is 1. The molecule has 0 aliphatic rings. The quantitative estimate of drug-likeness (QED) is 0.553. The number of aryl methyl sites for hydroxylation is 1. The van der Waals surface area contributed by atoms with Crippen LogP contribution in [0.4, 0.5) is 0 Å². The highest BCUT2D eigenvalue weighted by Gasteiger charge is 2.08. The fourth-order valence-corrected chi connectivity index (χ4v) is 2.74. The summed E-state index contributed by atoms with van der Waals surface area (Å²) in [7, 11) is 0. The number of nitrogens with one attached hydrogen (secondary N) is 1. The first kappa shape index (κ1) is 15.0. The smallest absolute Gasteiger partial charge is 0.209 e. The van der Waals surface area contributed by atoms with Gasteiger partial charge in [-0.2, -0.15) is 0 Å². The van der Waals surface area contributed by atoms with Crippen LogP contribution in [0.5, 0.6) is 0 Å². The molecular formula is C12H21N7S. The lowest BCUT2D eigenvalue weighted by Gasteiger charge is -2.07. The first-order valence-corrected chi connectivity index (χ1v) is 7.92. The van der Waals surface area contributed by atoms with Crippen molar-refractivity contribution >= 4 is 11.8 Å². The zero-order valence-electron chi connectivity index (χ0n) is 12.0. The molecule has 0 atom stereocenters. The summed E-state index contributed by atoms with van der Waals surface area (Å²) in [6.45, 7) is 7.88. The Hall–Kier alpha value is -1.41. The summed E-state index contributed by atoms with van der Waals surface area (Å²) >= 11 is 1.65. The lowest BCUT2D eigenvalue weighted by molar-refractivity contribution is 0.517. The number of rotatable bonds is 9. The van der Waals surface area contributed by atoms with Crippen molar-refractivity contribution in [2.75, 3.05) is 13.1 Å². The van der Waals surface area contributed by atoms with Crippen LogP contribution < -0.4 is 5.32 Å². The van der Waals surface area contributed by atoms with Gasteiger partial charge in [-0.1, -0.05) is 25.6 Å². The van der Waals surface area contributed by atoms with Gasteiger partial charge in [0.25, 0.3) is 0 Å². The van der Waals surface area contributed by atoms with Crippen molar-refractivity contribution in [3.63, 3.8) is 0 Å². The van der Waals surface area contributed by atoms with Gasteiger partial charge >= 0.3 is 0 Å². The van der Waals surface area contributed by atoms with Gasteiger partial charge in [0.2, 0.25) is 5.16 Å². The van der Waals surface area contributed by atoms with E-state index in [2.05, 4.69) is 44.2 Å². The predicted molar refractivity (Wildman–Crippen MR) is 78.4 cm³/mol. The maximum Gasteiger partial charge on any atom is 0.209 e. The molecule has 2 aromatic heterocycles. The molecule has 0 unspecified atom stereocenters. The van der Waals surface area contributed by atoms with E-state index in [9.17, 15) is 0 Å². The molecule has 0 spiro atoms. The van der Waals surface area contributed by atoms with Crippen LogP contribution in [0.25, 0.3) is 0 Å². The fourth-order valence-electron chi connectivity index (χ4n) is 1.85. The van der Waals surface area contributed by atoms with Gasteiger partial charge in [-0.15, -0.1) is 5.10 Å². The second-order valence-electron chi connectivity index (χ2n) is 4.41. The number of thioether (sulfide) groups is 1. The normalized spacial score (nSPS) is 11.1. The van der Waals surface area contributed by atoms with Gasteiger partial charge < -0.3 is 9.88 Å². The van der Waals surface area contributed by atoms with Gasteiger partial charge in [-0.3, -0.25) is 0 Å². The van der Waals surface area contributed by atoms with E-state index in [1.54, 1.807) is 11.8 Å². The number of imidazole rings is 1. The summed E-state index contributed by atoms with van der Waals surface area (Å²) in [6, 6.07) is 0. The standard InChI is InChI=1S/C12H21N7S/c1-3-6-18-10-14-8-11(18)9-20-12-15-16-17-19(12)7-5-13-4-2/h8,10,13H,3-7,9H2,1-2H3. The molecule has 110 valence electrons. The average molecular weight is 295 g/mol. The first-order valence-electron chi connectivity index (χ1n) is 6.93. The molecule has 2 rings (SSSR count). The highest BCUT2D eigenvalue weighted by molar-refractivity contribution is 7.98. The number of aromatic nitrogens is 6. The molecule has 7 nitrogen and oxygen atoms in total. The lowest BCUT2D eigenvalue weighted by atomic mass is 10.4. The van der Waals surface area contributed by atoms with E-state index >= 15 is 0 Å². The van der Waals surface area contributed by atoms with Crippen molar-refractivity contribution in [3.05, 3.63) is 18.2 Å². The number of nitrogens with zero attached hydrogens (tertiary/aromatic N) is 6. The minimum Gasteiger partial charge on any atom is -0.334 e. The molecule has 0 aromatic carbocycles. The van der Waals surface area contributed by atoms with Crippen molar-refractivity contribution in [3.8, 4) is 0 Å². The average Bonchev–Trinajstić information content (AvgIpc) is 3.07. The third-order valence-corrected chi connectivity index (χ3v) is 3.85. The van der Waals surface area contributed by atoms with Crippen molar-refractivity contribution < 1.29 is 0 Å². The maximum atomic E-state index is 4.20. The van der Waals surface area contributed by atoms with Gasteiger partial charge in [0.15, 0.2) is 0 Å². The van der Waals surface area contributed by atoms with Crippen molar-refractivity contribution in [2.24, 2.45) is 0 Å². The Labute approximate surface area is 123 Å². The van der Waals surface area contributed by atoms with Gasteiger partial charge in [-0.05, 0) is 23.4 Å². The largest absolute Gasteiger partial charge is 0.334 e. The molecule has 0 radical (unpaired) electrons. The minimum atomic E-state index is 0.789. The van der Waals surface area contributed by atoms with Crippen molar-refractivity contribution in [1.29, 1.82) is 0 Å². The molecular weight excluding hydrogens is 274 g/mol. The summed E-state index contributed by atoms with van der Waals surface area (Å²) in [6.07, 6.45) is 4.90. The van der Waals surface area contributed by atoms with E-state index in [1.165, 1.54) is 5.69 Å². The van der Waals surface area contributed by atoms with Crippen LogP contribution in [-0.2, 0) is 18.8 Å². The van der Waals surface area contributed by atoms with Crippen LogP contribution in [0.3, 0.4) is 0 Å². The molecule has 0 saturated carbocycles. The Morgan fingerprint density at radius 3 is 3.00 bits per heavy atom. The third-order valence-electron chi connectivity index (χ3n) is 2.86. The summed E-state index contributed by atoms with van der Waals surface area (Å²) in [5.74, 6) is 0.835. The summed E-state index contributed by atoms with van der Waals surface area (Å²) in [4.78, 5) is 4.20. The van der Waals surface area contributed by atoms with E-state index in [-0.39, 0.29) is 0 Å². The highest BCUT2D eigenvalue weighted by atomic mass is 32.2. The number of hydrogen-bond acceptors (Lipinski definition) is 6. The summed E-state index contributed by atoms with van der Waals surface area (Å²) in [5, 5.41) is 16.0. The molecule has 0 fully saturated rings. The molecule has 8 heteroatoms. The van der Waals surface area contributed by atoms with Crippen molar-refractivity contribution in [1.82, 2.24) is 35.1 Å². The topological polar surface area (TPSA) is 73.5 Å². The molecule has 0 saturated heterocycles. The summed E-state index contributed by atoms with van der Waals surface area (Å²) in [5.41, 5.74) is 1.21. The van der Waals surface area contributed by atoms with Crippen LogP contribution in [-0.4, -0.2) is 42.8 Å². The Kier molecular flexibility index (Phi) is 6.00. The van der Waals surface area contributed by atoms with E-state index < -0.39 is 0 Å². The molecule has 1 N–H and O–H groups in total. The second-order valence-corrected chi connectivity index (χ2v) is 5.35. The molecule has 20 heavy (non-hydrogen) atoms. The zero-order chi connectivity index (χ0) is 14.2. The van der Waals surface area contributed by atoms with Crippen LogP contribution in [0.15, 0.2) is 17.7 Å². The van der Waals surface area contributed by atoms with E-state index in [0.29, 0.717) is 0 Å². The monoisotopic (exact) mass is 295 g/mol. The maximum absolute atomic E-state index is 4.20. The van der Waals surface area contributed by atoms with Crippen LogP contribution in [0.2, 0.25) is 0 Å². The fraction of sp³-hybridized carbons (Fsp3) is 0.667. The Morgan fingerprint density at radius 1 is 1.30 bits per heavy atom.